The fourth-order valence-electron chi connectivity index (χ4n) is 1.58. The number of benzene rings is 1. The van der Waals surface area contributed by atoms with Crippen molar-refractivity contribution in [1.29, 1.82) is 0 Å². The van der Waals surface area contributed by atoms with Crippen LogP contribution in [0.4, 0.5) is 0 Å². The maximum Gasteiger partial charge on any atom is 0.0568 e. The van der Waals surface area contributed by atoms with E-state index in [0.29, 0.717) is 11.6 Å². The number of hydrogen-bond acceptors (Lipinski definition) is 2. The molecule has 1 aromatic carbocycles. The van der Waals surface area contributed by atoms with E-state index in [2.05, 4.69) is 12.0 Å². The molecule has 2 N–H and O–H groups in total. The molecule has 0 aliphatic carbocycles. The molecule has 84 valence electrons. The molecular weight excluding hydrogens is 222 g/mol. The SMILES string of the molecule is CCn1cc(-c2ccc(CN)c(Cl)c2)cn1. The summed E-state index contributed by atoms with van der Waals surface area (Å²) in [5.74, 6) is 0. The summed E-state index contributed by atoms with van der Waals surface area (Å²) in [4.78, 5) is 0. The average Bonchev–Trinajstić information content (AvgIpc) is 2.77. The molecule has 0 fully saturated rings. The monoisotopic (exact) mass is 235 g/mol. The number of nitrogens with zero attached hydrogens (tertiary/aromatic N) is 2. The third kappa shape index (κ3) is 2.10. The van der Waals surface area contributed by atoms with Crippen LogP contribution < -0.4 is 5.73 Å². The van der Waals surface area contributed by atoms with E-state index in [-0.39, 0.29) is 0 Å². The highest BCUT2D eigenvalue weighted by Crippen LogP contribution is 2.25. The highest BCUT2D eigenvalue weighted by Gasteiger charge is 2.04. The van der Waals surface area contributed by atoms with E-state index in [4.69, 9.17) is 17.3 Å². The molecule has 0 amide bonds. The van der Waals surface area contributed by atoms with E-state index in [0.717, 1.165) is 23.2 Å². The molecule has 0 bridgehead atoms. The first-order valence-electron chi connectivity index (χ1n) is 5.26. The van der Waals surface area contributed by atoms with Gasteiger partial charge in [0.25, 0.3) is 0 Å². The van der Waals surface area contributed by atoms with Crippen LogP contribution in [0.1, 0.15) is 12.5 Å². The van der Waals surface area contributed by atoms with Crippen LogP contribution in [0.5, 0.6) is 0 Å². The zero-order valence-electron chi connectivity index (χ0n) is 9.15. The predicted molar refractivity (Wildman–Crippen MR) is 66.2 cm³/mol. The molecular formula is C12H14ClN3. The molecule has 0 unspecified atom stereocenters. The lowest BCUT2D eigenvalue weighted by atomic mass is 10.1. The lowest BCUT2D eigenvalue weighted by Crippen LogP contribution is -1.96. The molecule has 0 aliphatic heterocycles. The van der Waals surface area contributed by atoms with E-state index in [1.54, 1.807) is 0 Å². The Morgan fingerprint density at radius 1 is 1.38 bits per heavy atom. The Morgan fingerprint density at radius 3 is 2.75 bits per heavy atom. The van der Waals surface area contributed by atoms with Gasteiger partial charge in [-0.1, -0.05) is 23.7 Å². The number of hydrogen-bond donors (Lipinski definition) is 1. The van der Waals surface area contributed by atoms with E-state index in [1.807, 2.05) is 35.3 Å². The predicted octanol–water partition coefficient (Wildman–Crippen LogP) is 2.68. The maximum atomic E-state index is 6.11. The van der Waals surface area contributed by atoms with Crippen LogP contribution in [-0.2, 0) is 13.1 Å². The molecule has 2 aromatic rings. The highest BCUT2D eigenvalue weighted by molar-refractivity contribution is 6.31. The molecule has 3 nitrogen and oxygen atoms in total. The van der Waals surface area contributed by atoms with Gasteiger partial charge in [0, 0.05) is 29.9 Å². The van der Waals surface area contributed by atoms with Gasteiger partial charge in [0.05, 0.1) is 6.20 Å². The zero-order chi connectivity index (χ0) is 11.5. The van der Waals surface area contributed by atoms with Crippen LogP contribution in [0.15, 0.2) is 30.6 Å². The van der Waals surface area contributed by atoms with Crippen molar-refractivity contribution in [1.82, 2.24) is 9.78 Å². The Morgan fingerprint density at radius 2 is 2.19 bits per heavy atom. The molecule has 0 saturated carbocycles. The van der Waals surface area contributed by atoms with E-state index in [9.17, 15) is 0 Å². The fraction of sp³-hybridized carbons (Fsp3) is 0.250. The molecule has 0 radical (unpaired) electrons. The summed E-state index contributed by atoms with van der Waals surface area (Å²) in [6, 6.07) is 5.91. The van der Waals surface area contributed by atoms with E-state index < -0.39 is 0 Å². The van der Waals surface area contributed by atoms with Crippen LogP contribution in [0.2, 0.25) is 5.02 Å². The zero-order valence-corrected chi connectivity index (χ0v) is 9.91. The number of aryl methyl sites for hydroxylation is 1. The second-order valence-electron chi connectivity index (χ2n) is 3.60. The molecule has 0 saturated heterocycles. The number of nitrogens with two attached hydrogens (primary N) is 1. The minimum absolute atomic E-state index is 0.466. The second kappa shape index (κ2) is 4.68. The van der Waals surface area contributed by atoms with Gasteiger partial charge in [-0.15, -0.1) is 0 Å². The summed E-state index contributed by atoms with van der Waals surface area (Å²) in [5.41, 5.74) is 8.68. The summed E-state index contributed by atoms with van der Waals surface area (Å²) in [5, 5.41) is 4.94. The largest absolute Gasteiger partial charge is 0.326 e. The van der Waals surface area contributed by atoms with Gasteiger partial charge in [0.1, 0.15) is 0 Å². The third-order valence-corrected chi connectivity index (χ3v) is 2.92. The average molecular weight is 236 g/mol. The first-order chi connectivity index (χ1) is 7.74. The van der Waals surface area contributed by atoms with Gasteiger partial charge < -0.3 is 5.73 Å². The van der Waals surface area contributed by atoms with Gasteiger partial charge in [-0.3, -0.25) is 4.68 Å². The second-order valence-corrected chi connectivity index (χ2v) is 4.00. The molecule has 4 heteroatoms. The minimum Gasteiger partial charge on any atom is -0.326 e. The first kappa shape index (κ1) is 11.2. The summed E-state index contributed by atoms with van der Waals surface area (Å²) < 4.78 is 1.89. The van der Waals surface area contributed by atoms with Crippen LogP contribution in [0.3, 0.4) is 0 Å². The van der Waals surface area contributed by atoms with Gasteiger partial charge in [-0.25, -0.2) is 0 Å². The van der Waals surface area contributed by atoms with Crippen LogP contribution in [0.25, 0.3) is 11.1 Å². The van der Waals surface area contributed by atoms with Crippen LogP contribution >= 0.6 is 11.6 Å². The topological polar surface area (TPSA) is 43.8 Å². The molecule has 1 aromatic heterocycles. The smallest absolute Gasteiger partial charge is 0.0568 e. The van der Waals surface area contributed by atoms with Crippen molar-refractivity contribution >= 4 is 11.6 Å². The summed E-state index contributed by atoms with van der Waals surface area (Å²) in [6.45, 7) is 3.39. The Bertz CT molecular complexity index is 491. The Kier molecular flexibility index (Phi) is 3.27. The molecule has 0 atom stereocenters. The van der Waals surface area contributed by atoms with Gasteiger partial charge in [-0.05, 0) is 24.1 Å². The van der Waals surface area contributed by atoms with Crippen molar-refractivity contribution in [3.63, 3.8) is 0 Å². The number of halogens is 1. The lowest BCUT2D eigenvalue weighted by Gasteiger charge is -2.03. The number of rotatable bonds is 3. The first-order valence-corrected chi connectivity index (χ1v) is 5.63. The normalized spacial score (nSPS) is 10.7. The highest BCUT2D eigenvalue weighted by atomic mass is 35.5. The molecule has 0 aliphatic rings. The quantitative estimate of drug-likeness (QED) is 0.889. The maximum absolute atomic E-state index is 6.11. The number of aromatic nitrogens is 2. The Balaban J connectivity index is 2.37. The Hall–Kier alpha value is -1.32. The van der Waals surface area contributed by atoms with E-state index >= 15 is 0 Å². The summed E-state index contributed by atoms with van der Waals surface area (Å²) in [6.07, 6.45) is 3.85. The standard InChI is InChI=1S/C12H14ClN3/c1-2-16-8-11(7-15-16)9-3-4-10(6-14)12(13)5-9/h3-5,7-8H,2,6,14H2,1H3. The molecule has 0 spiro atoms. The molecule has 1 heterocycles. The molecule has 2 rings (SSSR count). The fourth-order valence-corrected chi connectivity index (χ4v) is 1.84. The third-order valence-electron chi connectivity index (χ3n) is 2.56. The van der Waals surface area contributed by atoms with Gasteiger partial charge in [0.15, 0.2) is 0 Å². The van der Waals surface area contributed by atoms with Crippen molar-refractivity contribution < 1.29 is 0 Å². The summed E-state index contributed by atoms with van der Waals surface area (Å²) >= 11 is 6.11. The van der Waals surface area contributed by atoms with Gasteiger partial charge in [-0.2, -0.15) is 5.10 Å². The minimum atomic E-state index is 0.466. The lowest BCUT2D eigenvalue weighted by molar-refractivity contribution is 0.660. The van der Waals surface area contributed by atoms with E-state index in [1.165, 1.54) is 0 Å². The van der Waals surface area contributed by atoms with Gasteiger partial charge >= 0.3 is 0 Å². The van der Waals surface area contributed by atoms with Crippen molar-refractivity contribution in [3.8, 4) is 11.1 Å². The Labute approximate surface area is 99.8 Å². The van der Waals surface area contributed by atoms with Crippen molar-refractivity contribution in [3.05, 3.63) is 41.2 Å². The summed E-state index contributed by atoms with van der Waals surface area (Å²) in [7, 11) is 0. The van der Waals surface area contributed by atoms with Crippen molar-refractivity contribution in [2.75, 3.05) is 0 Å². The molecule has 16 heavy (non-hydrogen) atoms. The van der Waals surface area contributed by atoms with Crippen molar-refractivity contribution in [2.45, 2.75) is 20.0 Å². The van der Waals surface area contributed by atoms with Gasteiger partial charge in [0.2, 0.25) is 0 Å². The van der Waals surface area contributed by atoms with Crippen LogP contribution in [-0.4, -0.2) is 9.78 Å². The van der Waals surface area contributed by atoms with Crippen LogP contribution in [0, 0.1) is 0 Å². The van der Waals surface area contributed by atoms with Crippen molar-refractivity contribution in [2.24, 2.45) is 5.73 Å².